The van der Waals surface area contributed by atoms with Gasteiger partial charge in [-0.2, -0.15) is 5.26 Å². The number of hydrogen-bond acceptors (Lipinski definition) is 4. The smallest absolute Gasteiger partial charge is 0.123 e. The minimum atomic E-state index is 0.677. The number of hydrogen-bond donors (Lipinski definition) is 0. The van der Waals surface area contributed by atoms with Crippen molar-refractivity contribution in [3.8, 4) is 27.1 Å². The molecule has 0 amide bonds. The first-order valence-electron chi connectivity index (χ1n) is 8.49. The Balaban J connectivity index is 1.76. The molecule has 1 heterocycles. The van der Waals surface area contributed by atoms with Crippen LogP contribution in [0, 0.1) is 11.3 Å². The van der Waals surface area contributed by atoms with E-state index in [9.17, 15) is 0 Å². The summed E-state index contributed by atoms with van der Waals surface area (Å²) in [7, 11) is 2.14. The highest BCUT2D eigenvalue weighted by molar-refractivity contribution is 7.18. The highest BCUT2D eigenvalue weighted by atomic mass is 32.1. The maximum absolute atomic E-state index is 8.90. The largest absolute Gasteiger partial charge is 0.375 e. The quantitative estimate of drug-likeness (QED) is 0.584. The third-order valence-electron chi connectivity index (χ3n) is 4.21. The second-order valence-corrected chi connectivity index (χ2v) is 7.07. The van der Waals surface area contributed by atoms with Crippen LogP contribution in [0.15, 0.2) is 54.7 Å². The average Bonchev–Trinajstić information content (AvgIpc) is 3.16. The summed E-state index contributed by atoms with van der Waals surface area (Å²) in [6.07, 6.45) is 4.32. The van der Waals surface area contributed by atoms with E-state index in [2.05, 4.69) is 54.2 Å². The van der Waals surface area contributed by atoms with Gasteiger partial charge in [0.15, 0.2) is 0 Å². The molecule has 3 nitrogen and oxygen atoms in total. The van der Waals surface area contributed by atoms with Gasteiger partial charge in [-0.1, -0.05) is 25.5 Å². The molecule has 0 radical (unpaired) electrons. The molecular formula is C21H21N3S. The van der Waals surface area contributed by atoms with Gasteiger partial charge in [-0.05, 0) is 48.4 Å². The Hall–Kier alpha value is -2.64. The monoisotopic (exact) mass is 347 g/mol. The van der Waals surface area contributed by atoms with E-state index < -0.39 is 0 Å². The third-order valence-corrected chi connectivity index (χ3v) is 5.30. The van der Waals surface area contributed by atoms with Crippen molar-refractivity contribution >= 4 is 17.0 Å². The molecule has 1 aromatic heterocycles. The van der Waals surface area contributed by atoms with Crippen LogP contribution in [0.25, 0.3) is 21.0 Å². The Morgan fingerprint density at radius 1 is 1.04 bits per heavy atom. The Morgan fingerprint density at radius 2 is 1.72 bits per heavy atom. The minimum Gasteiger partial charge on any atom is -0.375 e. The van der Waals surface area contributed by atoms with Crippen molar-refractivity contribution in [2.75, 3.05) is 18.5 Å². The van der Waals surface area contributed by atoms with E-state index in [-0.39, 0.29) is 0 Å². The average molecular weight is 347 g/mol. The van der Waals surface area contributed by atoms with Crippen LogP contribution in [0.2, 0.25) is 0 Å². The fourth-order valence-electron chi connectivity index (χ4n) is 2.63. The normalized spacial score (nSPS) is 10.4. The molecule has 126 valence electrons. The molecule has 3 aromatic rings. The maximum Gasteiger partial charge on any atom is 0.123 e. The van der Waals surface area contributed by atoms with Gasteiger partial charge < -0.3 is 4.90 Å². The Labute approximate surface area is 153 Å². The molecule has 0 spiro atoms. The van der Waals surface area contributed by atoms with E-state index in [0.717, 1.165) is 27.6 Å². The number of thiazole rings is 1. The van der Waals surface area contributed by atoms with Crippen molar-refractivity contribution in [2.45, 2.75) is 19.8 Å². The van der Waals surface area contributed by atoms with E-state index in [0.29, 0.717) is 5.56 Å². The number of aromatic nitrogens is 1. The fourth-order valence-corrected chi connectivity index (χ4v) is 3.56. The van der Waals surface area contributed by atoms with Crippen LogP contribution in [0.3, 0.4) is 0 Å². The SMILES string of the molecule is CCCCN(C)c1ccc(-c2ncc(-c3ccc(C#N)cc3)s2)cc1. The molecule has 0 bridgehead atoms. The van der Waals surface area contributed by atoms with Crippen molar-refractivity contribution in [2.24, 2.45) is 0 Å². The lowest BCUT2D eigenvalue weighted by Crippen LogP contribution is -2.17. The second-order valence-electron chi connectivity index (χ2n) is 6.04. The summed E-state index contributed by atoms with van der Waals surface area (Å²) in [5.74, 6) is 0. The number of benzene rings is 2. The number of nitrogens with zero attached hydrogens (tertiary/aromatic N) is 3. The van der Waals surface area contributed by atoms with E-state index >= 15 is 0 Å². The summed E-state index contributed by atoms with van der Waals surface area (Å²) in [5, 5.41) is 9.91. The van der Waals surface area contributed by atoms with Gasteiger partial charge in [-0.25, -0.2) is 4.98 Å². The van der Waals surface area contributed by atoms with Crippen LogP contribution in [0.1, 0.15) is 25.3 Å². The summed E-state index contributed by atoms with van der Waals surface area (Å²) in [5.41, 5.74) is 4.15. The number of rotatable bonds is 6. The Kier molecular flexibility index (Phi) is 5.47. The fraction of sp³-hybridized carbons (Fsp3) is 0.238. The molecule has 0 unspecified atom stereocenters. The van der Waals surface area contributed by atoms with Crippen LogP contribution in [0.5, 0.6) is 0 Å². The molecule has 0 aliphatic rings. The lowest BCUT2D eigenvalue weighted by molar-refractivity contribution is 0.767. The van der Waals surface area contributed by atoms with Gasteiger partial charge in [0.1, 0.15) is 5.01 Å². The number of unbranched alkanes of at least 4 members (excludes halogenated alkanes) is 1. The van der Waals surface area contributed by atoms with Gasteiger partial charge in [-0.15, -0.1) is 11.3 Å². The molecule has 0 N–H and O–H groups in total. The second kappa shape index (κ2) is 7.96. The van der Waals surface area contributed by atoms with Crippen molar-refractivity contribution in [1.82, 2.24) is 4.98 Å². The number of nitriles is 1. The first-order valence-corrected chi connectivity index (χ1v) is 9.31. The van der Waals surface area contributed by atoms with Gasteiger partial charge in [0.25, 0.3) is 0 Å². The topological polar surface area (TPSA) is 39.9 Å². The van der Waals surface area contributed by atoms with E-state index in [1.165, 1.54) is 18.5 Å². The lowest BCUT2D eigenvalue weighted by Gasteiger charge is -2.18. The van der Waals surface area contributed by atoms with Crippen LogP contribution < -0.4 is 4.90 Å². The Bertz CT molecular complexity index is 857. The molecule has 0 saturated heterocycles. The molecule has 25 heavy (non-hydrogen) atoms. The molecule has 0 fully saturated rings. The third kappa shape index (κ3) is 4.07. The molecule has 0 saturated carbocycles. The lowest BCUT2D eigenvalue weighted by atomic mass is 10.1. The summed E-state index contributed by atoms with van der Waals surface area (Å²) in [6, 6.07) is 18.4. The van der Waals surface area contributed by atoms with Crippen molar-refractivity contribution in [3.63, 3.8) is 0 Å². The van der Waals surface area contributed by atoms with Crippen molar-refractivity contribution < 1.29 is 0 Å². The molecule has 3 rings (SSSR count). The van der Waals surface area contributed by atoms with Crippen LogP contribution in [-0.2, 0) is 0 Å². The molecular weight excluding hydrogens is 326 g/mol. The summed E-state index contributed by atoms with van der Waals surface area (Å²) >= 11 is 1.67. The van der Waals surface area contributed by atoms with Crippen LogP contribution in [-0.4, -0.2) is 18.6 Å². The van der Waals surface area contributed by atoms with Crippen molar-refractivity contribution in [1.29, 1.82) is 5.26 Å². The highest BCUT2D eigenvalue weighted by Gasteiger charge is 2.08. The summed E-state index contributed by atoms with van der Waals surface area (Å²) < 4.78 is 0. The highest BCUT2D eigenvalue weighted by Crippen LogP contribution is 2.32. The standard InChI is InChI=1S/C21H21N3S/c1-3-4-13-24(2)19-11-9-18(10-12-19)21-23-15-20(25-21)17-7-5-16(14-22)6-8-17/h5-12,15H,3-4,13H2,1-2H3. The first kappa shape index (κ1) is 17.2. The molecule has 0 aliphatic heterocycles. The summed E-state index contributed by atoms with van der Waals surface area (Å²) in [6.45, 7) is 3.29. The van der Waals surface area contributed by atoms with Crippen LogP contribution >= 0.6 is 11.3 Å². The van der Waals surface area contributed by atoms with E-state index in [4.69, 9.17) is 5.26 Å². The molecule has 0 aliphatic carbocycles. The Morgan fingerprint density at radius 3 is 2.36 bits per heavy atom. The predicted molar refractivity (Wildman–Crippen MR) is 106 cm³/mol. The van der Waals surface area contributed by atoms with E-state index in [1.807, 2.05) is 30.5 Å². The first-order chi connectivity index (χ1) is 12.2. The zero-order chi connectivity index (χ0) is 17.6. The molecule has 2 aromatic carbocycles. The number of anilines is 1. The van der Waals surface area contributed by atoms with Gasteiger partial charge in [0, 0.05) is 31.0 Å². The maximum atomic E-state index is 8.90. The minimum absolute atomic E-state index is 0.677. The van der Waals surface area contributed by atoms with Crippen LogP contribution in [0.4, 0.5) is 5.69 Å². The zero-order valence-corrected chi connectivity index (χ0v) is 15.4. The summed E-state index contributed by atoms with van der Waals surface area (Å²) in [4.78, 5) is 7.97. The zero-order valence-electron chi connectivity index (χ0n) is 14.6. The molecule has 0 atom stereocenters. The van der Waals surface area contributed by atoms with Crippen molar-refractivity contribution in [3.05, 3.63) is 60.3 Å². The van der Waals surface area contributed by atoms with Gasteiger partial charge in [0.2, 0.25) is 0 Å². The van der Waals surface area contributed by atoms with Gasteiger partial charge in [-0.3, -0.25) is 0 Å². The van der Waals surface area contributed by atoms with Gasteiger partial charge >= 0.3 is 0 Å². The predicted octanol–water partition coefficient (Wildman–Crippen LogP) is 5.59. The van der Waals surface area contributed by atoms with E-state index in [1.54, 1.807) is 11.3 Å². The van der Waals surface area contributed by atoms with Gasteiger partial charge in [0.05, 0.1) is 16.5 Å². The molecule has 4 heteroatoms.